The topological polar surface area (TPSA) is 111 Å². The highest BCUT2D eigenvalue weighted by molar-refractivity contribution is 7.94. The van der Waals surface area contributed by atoms with Gasteiger partial charge in [-0.15, -0.1) is 10.2 Å². The number of ether oxygens (including phenoxy) is 1. The van der Waals surface area contributed by atoms with E-state index in [1.807, 2.05) is 0 Å². The van der Waals surface area contributed by atoms with Gasteiger partial charge in [0.1, 0.15) is 12.4 Å². The molecule has 14 heteroatoms. The van der Waals surface area contributed by atoms with E-state index in [9.17, 15) is 26.4 Å². The maximum Gasteiger partial charge on any atom is 0.517 e. The number of carbonyl (C=O) groups excluding carboxylic acids is 1. The molecule has 0 aliphatic heterocycles. The Morgan fingerprint density at radius 1 is 1.18 bits per heavy atom. The van der Waals surface area contributed by atoms with Gasteiger partial charge in [0.05, 0.1) is 11.4 Å². The average molecular weight is 509 g/mol. The van der Waals surface area contributed by atoms with Gasteiger partial charge in [0.25, 0.3) is 0 Å². The zero-order valence-corrected chi connectivity index (χ0v) is 19.3. The van der Waals surface area contributed by atoms with Crippen LogP contribution in [0.1, 0.15) is 39.2 Å². The highest BCUT2D eigenvalue weighted by atomic mass is 35.5. The number of rotatable bonds is 9. The molecule has 180 valence electrons. The molecule has 0 N–H and O–H groups in total. The third-order valence-electron chi connectivity index (χ3n) is 3.96. The normalized spacial score (nSPS) is 12.4. The summed E-state index contributed by atoms with van der Waals surface area (Å²) in [6, 6.07) is 6.20. The van der Waals surface area contributed by atoms with E-state index >= 15 is 0 Å². The minimum absolute atomic E-state index is 0.00571. The van der Waals surface area contributed by atoms with Crippen molar-refractivity contribution in [2.45, 2.75) is 39.1 Å². The van der Waals surface area contributed by atoms with Crippen LogP contribution in [0.4, 0.5) is 18.9 Å². The van der Waals surface area contributed by atoms with Crippen LogP contribution in [0.15, 0.2) is 35.5 Å². The van der Waals surface area contributed by atoms with E-state index in [1.165, 1.54) is 38.1 Å². The lowest BCUT2D eigenvalue weighted by molar-refractivity contribution is -0.118. The van der Waals surface area contributed by atoms with Crippen molar-refractivity contribution in [3.05, 3.63) is 41.0 Å². The summed E-state index contributed by atoms with van der Waals surface area (Å²) in [6.45, 7) is 4.68. The summed E-state index contributed by atoms with van der Waals surface area (Å²) in [5.74, 6) is -1.18. The maximum atomic E-state index is 13.4. The number of halogens is 4. The zero-order chi connectivity index (χ0) is 24.8. The Labute approximate surface area is 193 Å². The maximum absolute atomic E-state index is 13.4. The van der Waals surface area contributed by atoms with Gasteiger partial charge in [0.2, 0.25) is 11.8 Å². The first kappa shape index (κ1) is 26.3. The summed E-state index contributed by atoms with van der Waals surface area (Å²) in [7, 11) is -6.06. The summed E-state index contributed by atoms with van der Waals surface area (Å²) in [5.41, 5.74) is -6.40. The molecule has 0 bridgehead atoms. The minimum Gasteiger partial charge on any atom is -0.437 e. The summed E-state index contributed by atoms with van der Waals surface area (Å²) >= 11 is 5.68. The first-order valence-corrected chi connectivity index (χ1v) is 11.4. The molecular formula is C19H20ClF3N4O5S. The number of benzene rings is 1. The second kappa shape index (κ2) is 10.8. The van der Waals surface area contributed by atoms with Crippen LogP contribution in [0.3, 0.4) is 0 Å². The lowest BCUT2D eigenvalue weighted by Gasteiger charge is -2.26. The molecular weight excluding hydrogens is 489 g/mol. The first-order valence-electron chi connectivity index (χ1n) is 9.54. The molecule has 0 fully saturated rings. The lowest BCUT2D eigenvalue weighted by Crippen LogP contribution is -2.45. The largest absolute Gasteiger partial charge is 0.517 e. The molecule has 0 radical (unpaired) electrons. The lowest BCUT2D eigenvalue weighted by atomic mass is 10.1. The number of hydrogen-bond acceptors (Lipinski definition) is 8. The van der Waals surface area contributed by atoms with E-state index in [0.29, 0.717) is 0 Å². The number of alkyl halides is 3. The highest BCUT2D eigenvalue weighted by Gasteiger charge is 2.52. The number of sulfonamides is 1. The van der Waals surface area contributed by atoms with Crippen molar-refractivity contribution in [1.82, 2.24) is 10.2 Å². The van der Waals surface area contributed by atoms with Crippen molar-refractivity contribution in [3.63, 3.8) is 0 Å². The number of hydrogen-bond donors (Lipinski definition) is 0. The van der Waals surface area contributed by atoms with Gasteiger partial charge in [0.15, 0.2) is 5.15 Å². The summed E-state index contributed by atoms with van der Waals surface area (Å²) in [5, 5.41) is 11.2. The molecule has 33 heavy (non-hydrogen) atoms. The van der Waals surface area contributed by atoms with Crippen molar-refractivity contribution in [1.29, 1.82) is 0 Å². The Morgan fingerprint density at radius 2 is 1.88 bits per heavy atom. The van der Waals surface area contributed by atoms with Gasteiger partial charge in [0, 0.05) is 18.1 Å². The standard InChI is InChI=1S/C19H20ClF3N4O5S/c1-4-6-18(28)27(33(29,30)19(21,22)23)15-8-7-13(11-14(15)12(3)26-31-5-2)32-17-10-9-16(20)24-25-17/h7-11H,4-6H2,1-3H3. The minimum atomic E-state index is -6.06. The zero-order valence-electron chi connectivity index (χ0n) is 17.8. The Bertz CT molecular complexity index is 1130. The molecule has 0 saturated heterocycles. The summed E-state index contributed by atoms with van der Waals surface area (Å²) < 4.78 is 70.1. The van der Waals surface area contributed by atoms with E-state index in [4.69, 9.17) is 21.2 Å². The number of aromatic nitrogens is 2. The predicted octanol–water partition coefficient (Wildman–Crippen LogP) is 4.67. The highest BCUT2D eigenvalue weighted by Crippen LogP contribution is 2.36. The Balaban J connectivity index is 2.68. The van der Waals surface area contributed by atoms with Crippen LogP contribution in [-0.4, -0.2) is 42.3 Å². The van der Waals surface area contributed by atoms with Gasteiger partial charge in [-0.25, -0.2) is 0 Å². The molecule has 0 aliphatic rings. The smallest absolute Gasteiger partial charge is 0.437 e. The molecule has 0 saturated carbocycles. The molecule has 0 spiro atoms. The Hall–Kier alpha value is -2.93. The SMILES string of the molecule is CCCC(=O)N(c1ccc(Oc2ccc(Cl)nn2)cc1C(C)=NOCC)S(=O)(=O)C(F)(F)F. The fourth-order valence-corrected chi connectivity index (χ4v) is 3.64. The number of nitrogens with zero attached hydrogens (tertiary/aromatic N) is 4. The van der Waals surface area contributed by atoms with Gasteiger partial charge >= 0.3 is 15.5 Å². The van der Waals surface area contributed by atoms with Gasteiger partial charge < -0.3 is 9.57 Å². The van der Waals surface area contributed by atoms with Crippen LogP contribution < -0.4 is 9.04 Å². The molecule has 0 atom stereocenters. The number of oxime groups is 1. The fourth-order valence-electron chi connectivity index (χ4n) is 2.55. The van der Waals surface area contributed by atoms with E-state index in [2.05, 4.69) is 15.4 Å². The van der Waals surface area contributed by atoms with Crippen molar-refractivity contribution < 1.29 is 36.0 Å². The van der Waals surface area contributed by atoms with Crippen molar-refractivity contribution in [2.24, 2.45) is 5.16 Å². The van der Waals surface area contributed by atoms with Gasteiger partial charge in [-0.05, 0) is 44.5 Å². The van der Waals surface area contributed by atoms with Crippen LogP contribution in [0.2, 0.25) is 5.15 Å². The van der Waals surface area contributed by atoms with Crippen LogP contribution >= 0.6 is 11.6 Å². The number of anilines is 1. The molecule has 0 unspecified atom stereocenters. The van der Waals surface area contributed by atoms with Crippen molar-refractivity contribution >= 4 is 38.9 Å². The fraction of sp³-hybridized carbons (Fsp3) is 0.368. The third kappa shape index (κ3) is 6.32. The van der Waals surface area contributed by atoms with Crippen LogP contribution in [0.5, 0.6) is 11.6 Å². The number of amides is 1. The molecule has 1 heterocycles. The van der Waals surface area contributed by atoms with Crippen LogP contribution in [-0.2, 0) is 19.7 Å². The summed E-state index contributed by atoms with van der Waals surface area (Å²) in [4.78, 5) is 17.5. The van der Waals surface area contributed by atoms with Gasteiger partial charge in [-0.3, -0.25) is 4.79 Å². The van der Waals surface area contributed by atoms with E-state index in [-0.39, 0.29) is 45.4 Å². The average Bonchev–Trinajstić information content (AvgIpc) is 2.74. The predicted molar refractivity (Wildman–Crippen MR) is 115 cm³/mol. The quantitative estimate of drug-likeness (QED) is 0.357. The van der Waals surface area contributed by atoms with Crippen LogP contribution in [0.25, 0.3) is 0 Å². The molecule has 9 nitrogen and oxygen atoms in total. The molecule has 1 amide bonds. The van der Waals surface area contributed by atoms with Crippen molar-refractivity contribution in [3.8, 4) is 11.6 Å². The summed E-state index contributed by atoms with van der Waals surface area (Å²) in [6.07, 6.45) is -0.310. The van der Waals surface area contributed by atoms with Crippen molar-refractivity contribution in [2.75, 3.05) is 10.9 Å². The number of carbonyl (C=O) groups is 1. The van der Waals surface area contributed by atoms with Gasteiger partial charge in [-0.2, -0.15) is 25.9 Å². The third-order valence-corrected chi connectivity index (χ3v) is 5.63. The Morgan fingerprint density at radius 3 is 2.42 bits per heavy atom. The molecule has 2 rings (SSSR count). The Kier molecular flexibility index (Phi) is 8.61. The molecule has 2 aromatic rings. The first-order chi connectivity index (χ1) is 15.4. The second-order valence-electron chi connectivity index (χ2n) is 6.43. The molecule has 1 aromatic heterocycles. The van der Waals surface area contributed by atoms with Crippen LogP contribution in [0, 0.1) is 0 Å². The monoisotopic (exact) mass is 508 g/mol. The molecule has 0 aliphatic carbocycles. The van der Waals surface area contributed by atoms with E-state index in [0.717, 1.165) is 6.07 Å². The van der Waals surface area contributed by atoms with E-state index in [1.54, 1.807) is 6.92 Å². The van der Waals surface area contributed by atoms with Gasteiger partial charge in [-0.1, -0.05) is 23.7 Å². The second-order valence-corrected chi connectivity index (χ2v) is 8.59. The molecule has 1 aromatic carbocycles. The van der Waals surface area contributed by atoms with E-state index < -0.39 is 33.5 Å².